The van der Waals surface area contributed by atoms with E-state index in [1.807, 2.05) is 0 Å². The maximum absolute atomic E-state index is 13.0. The lowest BCUT2D eigenvalue weighted by Gasteiger charge is -2.04. The fourth-order valence-corrected chi connectivity index (χ4v) is 1.29. The summed E-state index contributed by atoms with van der Waals surface area (Å²) in [6, 6.07) is 5.02. The third-order valence-electron chi connectivity index (χ3n) is 1.35. The molecule has 0 fully saturated rings. The van der Waals surface area contributed by atoms with Crippen molar-refractivity contribution >= 4 is 15.9 Å². The van der Waals surface area contributed by atoms with Gasteiger partial charge in [0, 0.05) is 0 Å². The number of rotatable bonds is 2. The molecule has 0 radical (unpaired) electrons. The minimum Gasteiger partial charge on any atom is -0.268 e. The van der Waals surface area contributed by atoms with Crippen LogP contribution in [-0.4, -0.2) is 8.42 Å². The van der Waals surface area contributed by atoms with E-state index in [9.17, 15) is 12.8 Å². The number of nitrogens with zero attached hydrogens (tertiary/aromatic N) is 1. The topological polar surface area (TPSA) is 96.0 Å². The van der Waals surface area contributed by atoms with Crippen molar-refractivity contribution in [3.63, 3.8) is 0 Å². The number of hydrogen-bond acceptors (Lipinski definition) is 3. The van der Waals surface area contributed by atoms with Crippen LogP contribution in [0.3, 0.4) is 0 Å². The number of benzene rings is 1. The highest BCUT2D eigenvalue weighted by Crippen LogP contribution is 2.15. The van der Waals surface area contributed by atoms with E-state index in [2.05, 4.69) is 5.14 Å². The summed E-state index contributed by atoms with van der Waals surface area (Å²) in [4.78, 5) is 0. The first-order chi connectivity index (χ1) is 6.42. The zero-order valence-corrected chi connectivity index (χ0v) is 7.68. The number of nitrogens with two attached hydrogens (primary N) is 1. The van der Waals surface area contributed by atoms with Crippen molar-refractivity contribution in [2.45, 2.75) is 0 Å². The molecule has 0 bridgehead atoms. The predicted molar refractivity (Wildman–Crippen MR) is 47.8 cm³/mol. The minimum absolute atomic E-state index is 0.0995. The van der Waals surface area contributed by atoms with E-state index in [4.69, 9.17) is 5.26 Å². The monoisotopic (exact) mass is 215 g/mol. The Balaban J connectivity index is 3.09. The zero-order chi connectivity index (χ0) is 10.8. The average molecular weight is 215 g/mol. The summed E-state index contributed by atoms with van der Waals surface area (Å²) in [7, 11) is -3.99. The summed E-state index contributed by atoms with van der Waals surface area (Å²) in [5.41, 5.74) is -0.186. The van der Waals surface area contributed by atoms with Crippen LogP contribution in [0, 0.1) is 17.1 Å². The van der Waals surface area contributed by atoms with Crippen LogP contribution in [0.1, 0.15) is 5.56 Å². The summed E-state index contributed by atoms with van der Waals surface area (Å²) in [6.07, 6.45) is 0. The first-order valence-electron chi connectivity index (χ1n) is 3.42. The van der Waals surface area contributed by atoms with Crippen molar-refractivity contribution in [3.8, 4) is 6.07 Å². The van der Waals surface area contributed by atoms with E-state index in [-0.39, 0.29) is 11.3 Å². The summed E-state index contributed by atoms with van der Waals surface area (Å²) in [5, 5.41) is 13.0. The van der Waals surface area contributed by atoms with Crippen LogP contribution < -0.4 is 9.86 Å². The maximum atomic E-state index is 13.0. The largest absolute Gasteiger partial charge is 0.296 e. The molecule has 0 heterocycles. The SMILES string of the molecule is N#Cc1ccc(NS(N)(=O)=O)c(F)c1. The van der Waals surface area contributed by atoms with Crippen LogP contribution in [0.5, 0.6) is 0 Å². The Hall–Kier alpha value is -1.65. The molecule has 1 aromatic rings. The van der Waals surface area contributed by atoms with Crippen LogP contribution in [0.2, 0.25) is 0 Å². The lowest BCUT2D eigenvalue weighted by Crippen LogP contribution is -2.22. The highest BCUT2D eigenvalue weighted by Gasteiger charge is 2.07. The third kappa shape index (κ3) is 2.69. The molecule has 0 aliphatic rings. The van der Waals surface area contributed by atoms with Gasteiger partial charge in [-0.15, -0.1) is 0 Å². The Morgan fingerprint density at radius 2 is 2.14 bits per heavy atom. The molecule has 0 aliphatic carbocycles. The van der Waals surface area contributed by atoms with Gasteiger partial charge in [0.2, 0.25) is 0 Å². The van der Waals surface area contributed by atoms with E-state index < -0.39 is 16.0 Å². The molecule has 1 aromatic carbocycles. The molecular weight excluding hydrogens is 209 g/mol. The van der Waals surface area contributed by atoms with Crippen molar-refractivity contribution in [2.75, 3.05) is 4.72 Å². The van der Waals surface area contributed by atoms with E-state index in [1.54, 1.807) is 10.8 Å². The Labute approximate surface area is 80.1 Å². The molecule has 0 unspecified atom stereocenters. The van der Waals surface area contributed by atoms with Gasteiger partial charge < -0.3 is 0 Å². The normalized spacial score (nSPS) is 10.6. The molecule has 3 N–H and O–H groups in total. The van der Waals surface area contributed by atoms with Gasteiger partial charge in [-0.05, 0) is 18.2 Å². The molecule has 0 spiro atoms. The van der Waals surface area contributed by atoms with Crippen molar-refractivity contribution in [1.82, 2.24) is 0 Å². The lowest BCUT2D eigenvalue weighted by atomic mass is 10.2. The van der Waals surface area contributed by atoms with E-state index in [0.717, 1.165) is 12.1 Å². The first kappa shape index (κ1) is 10.4. The molecule has 74 valence electrons. The standard InChI is InChI=1S/C7H6FN3O2S/c8-6-3-5(4-9)1-2-7(6)11-14(10,12)13/h1-3,11H,(H2,10,12,13). The molecule has 0 amide bonds. The number of nitrogens with one attached hydrogen (secondary N) is 1. The predicted octanol–water partition coefficient (Wildman–Crippen LogP) is 0.313. The Morgan fingerprint density at radius 1 is 1.50 bits per heavy atom. The molecule has 0 aliphatic heterocycles. The molecule has 5 nitrogen and oxygen atoms in total. The molecule has 0 saturated heterocycles. The van der Waals surface area contributed by atoms with Gasteiger partial charge in [-0.1, -0.05) is 0 Å². The maximum Gasteiger partial charge on any atom is 0.296 e. The van der Waals surface area contributed by atoms with Gasteiger partial charge in [-0.2, -0.15) is 13.7 Å². The Kier molecular flexibility index (Phi) is 2.69. The van der Waals surface area contributed by atoms with Crippen LogP contribution in [-0.2, 0) is 10.2 Å². The number of halogens is 1. The molecule has 0 aromatic heterocycles. The highest BCUT2D eigenvalue weighted by molar-refractivity contribution is 7.90. The van der Waals surface area contributed by atoms with Gasteiger partial charge in [0.25, 0.3) is 10.2 Å². The van der Waals surface area contributed by atoms with Crippen molar-refractivity contribution < 1.29 is 12.8 Å². The molecule has 0 saturated carbocycles. The summed E-state index contributed by atoms with van der Waals surface area (Å²) >= 11 is 0. The second kappa shape index (κ2) is 3.61. The van der Waals surface area contributed by atoms with E-state index in [1.165, 1.54) is 6.07 Å². The third-order valence-corrected chi connectivity index (χ3v) is 1.85. The fraction of sp³-hybridized carbons (Fsp3) is 0. The van der Waals surface area contributed by atoms with Gasteiger partial charge in [-0.25, -0.2) is 9.53 Å². The van der Waals surface area contributed by atoms with E-state index in [0.29, 0.717) is 0 Å². The smallest absolute Gasteiger partial charge is 0.268 e. The molecule has 7 heteroatoms. The van der Waals surface area contributed by atoms with Crippen LogP contribution in [0.15, 0.2) is 18.2 Å². The Morgan fingerprint density at radius 3 is 2.57 bits per heavy atom. The van der Waals surface area contributed by atoms with Gasteiger partial charge in [0.05, 0.1) is 17.3 Å². The second-order valence-corrected chi connectivity index (χ2v) is 3.75. The van der Waals surface area contributed by atoms with Crippen molar-refractivity contribution in [3.05, 3.63) is 29.6 Å². The summed E-state index contributed by atoms with van der Waals surface area (Å²) in [6.45, 7) is 0. The second-order valence-electron chi connectivity index (χ2n) is 2.45. The first-order valence-corrected chi connectivity index (χ1v) is 4.97. The zero-order valence-electron chi connectivity index (χ0n) is 6.86. The van der Waals surface area contributed by atoms with Gasteiger partial charge in [0.1, 0.15) is 5.82 Å². The molecule has 0 atom stereocenters. The number of hydrogen-bond donors (Lipinski definition) is 2. The number of nitriles is 1. The molecule has 14 heavy (non-hydrogen) atoms. The summed E-state index contributed by atoms with van der Waals surface area (Å²) in [5.74, 6) is -0.849. The van der Waals surface area contributed by atoms with Crippen LogP contribution >= 0.6 is 0 Å². The minimum atomic E-state index is -3.99. The summed E-state index contributed by atoms with van der Waals surface area (Å²) < 4.78 is 35.9. The van der Waals surface area contributed by atoms with Crippen LogP contribution in [0.4, 0.5) is 10.1 Å². The van der Waals surface area contributed by atoms with Gasteiger partial charge >= 0.3 is 0 Å². The van der Waals surface area contributed by atoms with Gasteiger partial charge in [-0.3, -0.25) is 4.72 Å². The fourth-order valence-electron chi connectivity index (χ4n) is 0.821. The Bertz CT molecular complexity index is 492. The number of anilines is 1. The van der Waals surface area contributed by atoms with Gasteiger partial charge in [0.15, 0.2) is 0 Å². The lowest BCUT2D eigenvalue weighted by molar-refractivity contribution is 0.600. The highest BCUT2D eigenvalue weighted by atomic mass is 32.2. The van der Waals surface area contributed by atoms with Crippen molar-refractivity contribution in [1.29, 1.82) is 5.26 Å². The average Bonchev–Trinajstić information content (AvgIpc) is 2.06. The quantitative estimate of drug-likeness (QED) is 0.743. The molecular formula is C7H6FN3O2S. The van der Waals surface area contributed by atoms with E-state index >= 15 is 0 Å². The molecule has 1 rings (SSSR count). The van der Waals surface area contributed by atoms with Crippen molar-refractivity contribution in [2.24, 2.45) is 5.14 Å². The van der Waals surface area contributed by atoms with Crippen LogP contribution in [0.25, 0.3) is 0 Å².